The van der Waals surface area contributed by atoms with Crippen LogP contribution in [0, 0.1) is 10.8 Å². The van der Waals surface area contributed by atoms with Crippen molar-refractivity contribution in [2.24, 2.45) is 5.41 Å². The van der Waals surface area contributed by atoms with Crippen molar-refractivity contribution in [3.63, 3.8) is 0 Å². The van der Waals surface area contributed by atoms with Crippen LogP contribution in [-0.4, -0.2) is 42.7 Å². The van der Waals surface area contributed by atoms with Gasteiger partial charge in [-0.05, 0) is 63.9 Å². The summed E-state index contributed by atoms with van der Waals surface area (Å²) in [6.07, 6.45) is 6.37. The summed E-state index contributed by atoms with van der Waals surface area (Å²) in [6.45, 7) is 5.95. The molecule has 5 nitrogen and oxygen atoms in total. The molecule has 2 aliphatic rings. The maximum Gasteiger partial charge on any atom is 0.251 e. The van der Waals surface area contributed by atoms with Crippen molar-refractivity contribution in [2.75, 3.05) is 31.9 Å². The van der Waals surface area contributed by atoms with E-state index in [0.717, 1.165) is 13.1 Å². The first-order chi connectivity index (χ1) is 11.5. The van der Waals surface area contributed by atoms with Gasteiger partial charge >= 0.3 is 0 Å². The van der Waals surface area contributed by atoms with E-state index in [1.54, 1.807) is 25.1 Å². The fourth-order valence-electron chi connectivity index (χ4n) is 3.55. The molecule has 24 heavy (non-hydrogen) atoms. The van der Waals surface area contributed by atoms with Crippen molar-refractivity contribution >= 4 is 17.3 Å². The highest BCUT2D eigenvalue weighted by molar-refractivity contribution is 6.04. The minimum atomic E-state index is -0.0672. The second-order valence-corrected chi connectivity index (χ2v) is 7.45. The molecular formula is C19H28N4O. The minimum absolute atomic E-state index is 0.0672. The van der Waals surface area contributed by atoms with Crippen LogP contribution >= 0.6 is 0 Å². The zero-order chi connectivity index (χ0) is 17.2. The third-order valence-electron chi connectivity index (χ3n) is 5.31. The molecule has 2 fully saturated rings. The van der Waals surface area contributed by atoms with Gasteiger partial charge in [-0.3, -0.25) is 4.79 Å². The summed E-state index contributed by atoms with van der Waals surface area (Å²) >= 11 is 0. The normalized spacial score (nSPS) is 19.7. The number of nitrogens with two attached hydrogens (primary N) is 1. The predicted molar refractivity (Wildman–Crippen MR) is 97.6 cm³/mol. The molecule has 1 heterocycles. The standard InChI is InChI=1S/C19H28N4O/c1-14(20)16-11-15(5-6-17(16)21)18(24)22-12-19(7-8-19)13-23-9-3-2-4-10-23/h5-6,11,20H,2-4,7-10,12-13,21H2,1H3,(H,22,24). The third kappa shape index (κ3) is 3.96. The van der Waals surface area contributed by atoms with Gasteiger partial charge in [0, 0.05) is 41.0 Å². The molecule has 130 valence electrons. The SMILES string of the molecule is CC(=N)c1cc(C(=O)NCC2(CN3CCCCC3)CC2)ccc1N. The van der Waals surface area contributed by atoms with Crippen LogP contribution in [0.3, 0.4) is 0 Å². The van der Waals surface area contributed by atoms with E-state index in [0.29, 0.717) is 22.5 Å². The smallest absolute Gasteiger partial charge is 0.251 e. The van der Waals surface area contributed by atoms with Crippen LogP contribution in [-0.2, 0) is 0 Å². The zero-order valence-corrected chi connectivity index (χ0v) is 14.5. The molecule has 1 saturated heterocycles. The maximum atomic E-state index is 12.5. The lowest BCUT2D eigenvalue weighted by atomic mass is 10.0. The van der Waals surface area contributed by atoms with E-state index in [-0.39, 0.29) is 11.3 Å². The molecule has 1 aliphatic carbocycles. The topological polar surface area (TPSA) is 82.2 Å². The molecule has 1 saturated carbocycles. The highest BCUT2D eigenvalue weighted by Crippen LogP contribution is 2.46. The first-order valence-corrected chi connectivity index (χ1v) is 8.95. The summed E-state index contributed by atoms with van der Waals surface area (Å²) in [4.78, 5) is 15.0. The molecule has 0 bridgehead atoms. The largest absolute Gasteiger partial charge is 0.398 e. The minimum Gasteiger partial charge on any atom is -0.398 e. The molecule has 0 unspecified atom stereocenters. The number of anilines is 1. The molecule has 1 amide bonds. The van der Waals surface area contributed by atoms with Crippen LogP contribution in [0.25, 0.3) is 0 Å². The van der Waals surface area contributed by atoms with Gasteiger partial charge in [0.25, 0.3) is 5.91 Å². The van der Waals surface area contributed by atoms with Crippen molar-refractivity contribution in [3.8, 4) is 0 Å². The van der Waals surface area contributed by atoms with E-state index in [1.165, 1.54) is 45.2 Å². The number of piperidine rings is 1. The van der Waals surface area contributed by atoms with Crippen LogP contribution in [0.15, 0.2) is 18.2 Å². The number of benzene rings is 1. The number of nitrogens with zero attached hydrogens (tertiary/aromatic N) is 1. The lowest BCUT2D eigenvalue weighted by Gasteiger charge is -2.30. The fraction of sp³-hybridized carbons (Fsp3) is 0.579. The summed E-state index contributed by atoms with van der Waals surface area (Å²) in [6, 6.07) is 5.17. The highest BCUT2D eigenvalue weighted by Gasteiger charge is 2.44. The summed E-state index contributed by atoms with van der Waals surface area (Å²) in [5.74, 6) is -0.0672. The van der Waals surface area contributed by atoms with Gasteiger partial charge in [0.1, 0.15) is 0 Å². The Hall–Kier alpha value is -1.88. The van der Waals surface area contributed by atoms with E-state index in [1.807, 2.05) is 0 Å². The van der Waals surface area contributed by atoms with Gasteiger partial charge in [-0.2, -0.15) is 0 Å². The first kappa shape index (κ1) is 17.0. The number of nitrogen functional groups attached to an aromatic ring is 1. The molecule has 5 heteroatoms. The second kappa shape index (κ2) is 6.93. The van der Waals surface area contributed by atoms with E-state index in [9.17, 15) is 4.79 Å². The zero-order valence-electron chi connectivity index (χ0n) is 14.5. The Balaban J connectivity index is 1.57. The van der Waals surface area contributed by atoms with Gasteiger partial charge in [-0.25, -0.2) is 0 Å². The Morgan fingerprint density at radius 3 is 2.62 bits per heavy atom. The highest BCUT2D eigenvalue weighted by atomic mass is 16.1. The van der Waals surface area contributed by atoms with E-state index >= 15 is 0 Å². The Morgan fingerprint density at radius 1 is 1.29 bits per heavy atom. The molecule has 4 N–H and O–H groups in total. The molecule has 0 spiro atoms. The molecule has 1 aliphatic heterocycles. The summed E-state index contributed by atoms with van der Waals surface area (Å²) in [5.41, 5.74) is 8.29. The lowest BCUT2D eigenvalue weighted by Crippen LogP contribution is -2.40. The maximum absolute atomic E-state index is 12.5. The van der Waals surface area contributed by atoms with Crippen LogP contribution in [0.1, 0.15) is 54.9 Å². The van der Waals surface area contributed by atoms with Crippen LogP contribution in [0.5, 0.6) is 0 Å². The molecule has 3 rings (SSSR count). The van der Waals surface area contributed by atoms with Crippen molar-refractivity contribution < 1.29 is 4.79 Å². The number of amides is 1. The molecule has 1 aromatic rings. The molecule has 0 aromatic heterocycles. The second-order valence-electron chi connectivity index (χ2n) is 7.45. The van der Waals surface area contributed by atoms with Crippen molar-refractivity contribution in [1.29, 1.82) is 5.41 Å². The monoisotopic (exact) mass is 328 g/mol. The van der Waals surface area contributed by atoms with Crippen LogP contribution in [0.4, 0.5) is 5.69 Å². The molecular weight excluding hydrogens is 300 g/mol. The van der Waals surface area contributed by atoms with Gasteiger partial charge in [-0.15, -0.1) is 0 Å². The van der Waals surface area contributed by atoms with E-state index < -0.39 is 0 Å². The van der Waals surface area contributed by atoms with Gasteiger partial charge in [0.15, 0.2) is 0 Å². The lowest BCUT2D eigenvalue weighted by molar-refractivity contribution is 0.0936. The quantitative estimate of drug-likeness (QED) is 0.554. The van der Waals surface area contributed by atoms with Crippen LogP contribution < -0.4 is 11.1 Å². The van der Waals surface area contributed by atoms with Gasteiger partial charge in [0.2, 0.25) is 0 Å². The third-order valence-corrected chi connectivity index (χ3v) is 5.31. The van der Waals surface area contributed by atoms with Gasteiger partial charge < -0.3 is 21.4 Å². The fourth-order valence-corrected chi connectivity index (χ4v) is 3.55. The number of hydrogen-bond acceptors (Lipinski definition) is 4. The number of rotatable bonds is 6. The van der Waals surface area contributed by atoms with Crippen molar-refractivity contribution in [3.05, 3.63) is 29.3 Å². The number of carbonyl (C=O) groups is 1. The Morgan fingerprint density at radius 2 is 2.00 bits per heavy atom. The summed E-state index contributed by atoms with van der Waals surface area (Å²) in [7, 11) is 0. The average Bonchev–Trinajstić information content (AvgIpc) is 3.33. The molecule has 1 aromatic carbocycles. The predicted octanol–water partition coefficient (Wildman–Crippen LogP) is 2.65. The number of hydrogen-bond donors (Lipinski definition) is 3. The molecule has 0 radical (unpaired) electrons. The Labute approximate surface area is 144 Å². The van der Waals surface area contributed by atoms with E-state index in [4.69, 9.17) is 11.1 Å². The van der Waals surface area contributed by atoms with Gasteiger partial charge in [0.05, 0.1) is 0 Å². The van der Waals surface area contributed by atoms with E-state index in [2.05, 4.69) is 10.2 Å². The van der Waals surface area contributed by atoms with Crippen LogP contribution in [0.2, 0.25) is 0 Å². The van der Waals surface area contributed by atoms with Crippen molar-refractivity contribution in [2.45, 2.75) is 39.0 Å². The number of nitrogens with one attached hydrogen (secondary N) is 2. The van der Waals surface area contributed by atoms with Crippen molar-refractivity contribution in [1.82, 2.24) is 10.2 Å². The average molecular weight is 328 g/mol. The Kier molecular flexibility index (Phi) is 4.90. The number of likely N-dealkylation sites (tertiary alicyclic amines) is 1. The summed E-state index contributed by atoms with van der Waals surface area (Å²) < 4.78 is 0. The number of carbonyl (C=O) groups excluding carboxylic acids is 1. The first-order valence-electron chi connectivity index (χ1n) is 8.95. The molecule has 0 atom stereocenters. The Bertz CT molecular complexity index is 630. The van der Waals surface area contributed by atoms with Gasteiger partial charge in [-0.1, -0.05) is 6.42 Å². The summed E-state index contributed by atoms with van der Waals surface area (Å²) in [5, 5.41) is 10.9.